The van der Waals surface area contributed by atoms with Crippen molar-refractivity contribution in [3.8, 4) is 0 Å². The molecule has 22 nitrogen and oxygen atoms in total. The molecular formula is C24H34ClN7O15P2. The molecule has 0 radical (unpaired) electrons. The van der Waals surface area contributed by atoms with Crippen LogP contribution in [0.15, 0.2) is 23.4 Å². The summed E-state index contributed by atoms with van der Waals surface area (Å²) >= 11 is 5.99. The zero-order valence-electron chi connectivity index (χ0n) is 24.7. The summed E-state index contributed by atoms with van der Waals surface area (Å²) in [6.07, 6.45) is -7.31. The van der Waals surface area contributed by atoms with Gasteiger partial charge in [-0.3, -0.25) is 18.4 Å². The number of fused-ring (bicyclic) bond motifs is 2. The summed E-state index contributed by atoms with van der Waals surface area (Å²) in [5.41, 5.74) is 0.484. The lowest BCUT2D eigenvalue weighted by Crippen LogP contribution is -2.33. The van der Waals surface area contributed by atoms with Crippen LogP contribution in [0.4, 0.5) is 0 Å². The fourth-order valence-corrected chi connectivity index (χ4v) is 6.00. The molecule has 2 fully saturated rings. The Labute approximate surface area is 280 Å². The van der Waals surface area contributed by atoms with Crippen molar-refractivity contribution in [2.75, 3.05) is 13.2 Å². The molecule has 6 heterocycles. The van der Waals surface area contributed by atoms with Gasteiger partial charge in [0.2, 0.25) is 0 Å². The molecule has 0 aliphatic carbocycles. The van der Waals surface area contributed by atoms with Crippen LogP contribution in [0.5, 0.6) is 0 Å². The average molecular weight is 758 g/mol. The predicted octanol–water partition coefficient (Wildman–Crippen LogP) is -1.09. The molecule has 0 bridgehead atoms. The number of phosphoric ester groups is 2. The predicted molar refractivity (Wildman–Crippen MR) is 165 cm³/mol. The molecule has 6 rings (SSSR count). The number of phosphoric acid groups is 2. The first-order valence-electron chi connectivity index (χ1n) is 13.7. The molecule has 8 atom stereocenters. The highest BCUT2D eigenvalue weighted by Crippen LogP contribution is 2.40. The Morgan fingerprint density at radius 3 is 1.92 bits per heavy atom. The van der Waals surface area contributed by atoms with E-state index in [9.17, 15) is 34.4 Å². The molecule has 49 heavy (non-hydrogen) atoms. The minimum atomic E-state index is -4.73. The molecule has 2 aliphatic heterocycles. The van der Waals surface area contributed by atoms with Gasteiger partial charge in [-0.05, 0) is 19.9 Å². The fraction of sp³-hybridized carbons (Fsp3) is 0.542. The molecule has 0 amide bonds. The van der Waals surface area contributed by atoms with Gasteiger partial charge in [0.15, 0.2) is 23.3 Å². The van der Waals surface area contributed by atoms with Crippen LogP contribution in [-0.2, 0) is 27.7 Å². The van der Waals surface area contributed by atoms with Crippen molar-refractivity contribution in [3.63, 3.8) is 0 Å². The van der Waals surface area contributed by atoms with E-state index in [1.807, 2.05) is 0 Å². The molecule has 272 valence electrons. The van der Waals surface area contributed by atoms with Gasteiger partial charge in [0.1, 0.15) is 59.4 Å². The molecule has 0 unspecified atom stereocenters. The van der Waals surface area contributed by atoms with Crippen molar-refractivity contribution < 1.29 is 67.7 Å². The average Bonchev–Trinajstić information content (AvgIpc) is 3.72. The Kier molecular flexibility index (Phi) is 11.8. The molecule has 2 aliphatic rings. The van der Waals surface area contributed by atoms with E-state index in [0.717, 1.165) is 0 Å². The lowest BCUT2D eigenvalue weighted by Gasteiger charge is -2.17. The smallest absolute Gasteiger partial charge is 0.387 e. The number of aryl methyl sites for hydroxylation is 2. The quantitative estimate of drug-likeness (QED) is 0.0762. The first-order chi connectivity index (χ1) is 22.3. The number of H-pyrrole nitrogens is 1. The highest BCUT2D eigenvalue weighted by Gasteiger charge is 2.46. The van der Waals surface area contributed by atoms with E-state index in [0.29, 0.717) is 22.8 Å². The second-order valence-electron chi connectivity index (χ2n) is 10.7. The van der Waals surface area contributed by atoms with Crippen LogP contribution in [0.25, 0.3) is 22.2 Å². The highest BCUT2D eigenvalue weighted by molar-refractivity contribution is 7.46. The number of imidazole rings is 1. The molecule has 2 saturated heterocycles. The maximum atomic E-state index is 11.9. The lowest BCUT2D eigenvalue weighted by molar-refractivity contribution is -0.0504. The second kappa shape index (κ2) is 14.8. The number of aliphatic hydroxyl groups is 4. The summed E-state index contributed by atoms with van der Waals surface area (Å²) in [6.45, 7) is 2.02. The monoisotopic (exact) mass is 757 g/mol. The van der Waals surface area contributed by atoms with Crippen molar-refractivity contribution >= 4 is 49.4 Å². The Bertz CT molecular complexity index is 1950. The molecule has 9 N–H and O–H groups in total. The van der Waals surface area contributed by atoms with Gasteiger partial charge in [0.05, 0.1) is 24.9 Å². The van der Waals surface area contributed by atoms with Crippen LogP contribution in [0.2, 0.25) is 5.15 Å². The van der Waals surface area contributed by atoms with Crippen molar-refractivity contribution in [1.29, 1.82) is 0 Å². The number of nitrogens with one attached hydrogen (secondary N) is 1. The van der Waals surface area contributed by atoms with Gasteiger partial charge >= 0.3 is 15.6 Å². The van der Waals surface area contributed by atoms with Crippen LogP contribution in [0.3, 0.4) is 0 Å². The number of rotatable bonds is 8. The third kappa shape index (κ3) is 8.59. The minimum Gasteiger partial charge on any atom is -0.387 e. The van der Waals surface area contributed by atoms with Crippen LogP contribution in [-0.4, -0.2) is 124 Å². The Morgan fingerprint density at radius 2 is 1.39 bits per heavy atom. The molecule has 0 saturated carbocycles. The third-order valence-electron chi connectivity index (χ3n) is 7.23. The zero-order valence-corrected chi connectivity index (χ0v) is 27.2. The number of nitrogens with zero attached hydrogens (tertiary/aromatic N) is 6. The number of aromatic amines is 1. The lowest BCUT2D eigenvalue weighted by atomic mass is 10.1. The molecule has 0 spiro atoms. The number of ether oxygens (including phenoxy) is 2. The van der Waals surface area contributed by atoms with Gasteiger partial charge < -0.3 is 59.0 Å². The summed E-state index contributed by atoms with van der Waals surface area (Å²) in [7, 11) is -9.46. The summed E-state index contributed by atoms with van der Waals surface area (Å²) < 4.78 is 43.8. The number of aromatic nitrogens is 7. The van der Waals surface area contributed by atoms with Crippen LogP contribution in [0.1, 0.15) is 31.5 Å². The van der Waals surface area contributed by atoms with Crippen LogP contribution < -0.4 is 5.56 Å². The van der Waals surface area contributed by atoms with E-state index >= 15 is 0 Å². The van der Waals surface area contributed by atoms with E-state index in [4.69, 9.17) is 40.6 Å². The topological polar surface area (TPSA) is 327 Å². The Balaban J connectivity index is 0.000000216. The molecule has 4 aromatic heterocycles. The van der Waals surface area contributed by atoms with Gasteiger partial charge in [-0.1, -0.05) is 19.0 Å². The Morgan fingerprint density at radius 1 is 0.857 bits per heavy atom. The molecule has 4 aromatic rings. The number of halogens is 1. The van der Waals surface area contributed by atoms with E-state index in [1.54, 1.807) is 13.8 Å². The van der Waals surface area contributed by atoms with Crippen LogP contribution in [0, 0.1) is 13.8 Å². The highest BCUT2D eigenvalue weighted by atomic mass is 35.5. The summed E-state index contributed by atoms with van der Waals surface area (Å²) in [5.74, 6) is 0.741. The van der Waals surface area contributed by atoms with Crippen molar-refractivity contribution in [2.24, 2.45) is 0 Å². The zero-order chi connectivity index (χ0) is 35.3. The maximum Gasteiger partial charge on any atom is 0.469 e. The van der Waals surface area contributed by atoms with Crippen molar-refractivity contribution in [1.82, 2.24) is 34.1 Å². The third-order valence-corrected chi connectivity index (χ3v) is 8.46. The number of aliphatic hydroxyl groups excluding tert-OH is 4. The first-order valence-corrected chi connectivity index (χ1v) is 17.2. The van der Waals surface area contributed by atoms with Gasteiger partial charge in [0, 0.05) is 6.20 Å². The SMILES string of the molecule is C.Cc1nc(Cl)c2ncn([C@@H]3O[C@H](COP(=O)(O)O)[C@@H](O)[C@H]3O)c2n1.Cc1nc2c(ccn2[C@@H]2O[C@H](COP(=O)(O)O)[C@@H](O)[C@H]2O)c(=O)[nH]1. The molecular weight excluding hydrogens is 724 g/mol. The number of hydrogen-bond donors (Lipinski definition) is 9. The summed E-state index contributed by atoms with van der Waals surface area (Å²) in [5, 5.41) is 40.8. The normalized spacial score (nSPS) is 27.3. The van der Waals surface area contributed by atoms with Gasteiger partial charge in [-0.2, -0.15) is 0 Å². The van der Waals surface area contributed by atoms with Crippen molar-refractivity contribution in [3.05, 3.63) is 45.7 Å². The minimum absolute atomic E-state index is 0. The standard InChI is InChI=1S/C12H16N3O8P.C11H14ClN4O7P.CH4/c1-5-13-10-6(11(18)14-5)2-3-15(10)12-9(17)8(16)7(23-12)4-22-24(19,20)21;1-4-14-9(12)6-10(15-4)16(3-13-6)11-8(18)7(17)5(23-11)2-22-24(19,20)21;/h2-3,7-9,12,16-17H,4H2,1H3,(H,13,14,18)(H2,19,20,21);3,5,7-8,11,17-18H,2H2,1H3,(H2,19,20,21);1H4/t7-,8-,9-,12-;5-,7-,8-,11-;/m11./s1. The van der Waals surface area contributed by atoms with E-state index in [2.05, 4.69) is 34.0 Å². The second-order valence-corrected chi connectivity index (χ2v) is 13.5. The van der Waals surface area contributed by atoms with Gasteiger partial charge in [-0.25, -0.2) is 29.1 Å². The summed E-state index contributed by atoms with van der Waals surface area (Å²) in [4.78, 5) is 65.7. The maximum absolute atomic E-state index is 11.9. The van der Waals surface area contributed by atoms with Gasteiger partial charge in [0.25, 0.3) is 5.56 Å². The van der Waals surface area contributed by atoms with Gasteiger partial charge in [-0.15, -0.1) is 0 Å². The van der Waals surface area contributed by atoms with E-state index < -0.39 is 77.9 Å². The van der Waals surface area contributed by atoms with Crippen molar-refractivity contribution in [2.45, 2.75) is 70.4 Å². The molecule has 0 aromatic carbocycles. The number of hydrogen-bond acceptors (Lipinski definition) is 15. The van der Waals surface area contributed by atoms with E-state index in [-0.39, 0.29) is 29.2 Å². The van der Waals surface area contributed by atoms with E-state index in [1.165, 1.54) is 27.7 Å². The largest absolute Gasteiger partial charge is 0.469 e. The first kappa shape index (κ1) is 39.0. The van der Waals surface area contributed by atoms with Crippen LogP contribution >= 0.6 is 27.2 Å². The fourth-order valence-electron chi connectivity index (χ4n) is 5.06. The summed E-state index contributed by atoms with van der Waals surface area (Å²) in [6, 6.07) is 1.49. The molecule has 25 heteroatoms. The Hall–Kier alpha value is -2.76.